The van der Waals surface area contributed by atoms with E-state index in [-0.39, 0.29) is 5.91 Å². The van der Waals surface area contributed by atoms with Gasteiger partial charge in [0.1, 0.15) is 21.6 Å². The Morgan fingerprint density at radius 3 is 2.69 bits per heavy atom. The van der Waals surface area contributed by atoms with E-state index >= 15 is 0 Å². The van der Waals surface area contributed by atoms with Crippen LogP contribution in [0, 0.1) is 0 Å². The SMILES string of the molecule is O=C1/C(=C\c2ccc(-c3ccc(Cl)cc3)o2)SC(=S)N1Cc1ccco1. The first-order valence-corrected chi connectivity index (χ1v) is 9.34. The lowest BCUT2D eigenvalue weighted by molar-refractivity contribution is -0.122. The van der Waals surface area contributed by atoms with Crippen molar-refractivity contribution in [3.63, 3.8) is 0 Å². The summed E-state index contributed by atoms with van der Waals surface area (Å²) in [6.07, 6.45) is 3.28. The first-order chi connectivity index (χ1) is 12.6. The summed E-state index contributed by atoms with van der Waals surface area (Å²) in [6, 6.07) is 14.7. The van der Waals surface area contributed by atoms with Gasteiger partial charge in [0.25, 0.3) is 5.91 Å². The van der Waals surface area contributed by atoms with Gasteiger partial charge in [-0.3, -0.25) is 9.69 Å². The van der Waals surface area contributed by atoms with Crippen LogP contribution in [-0.4, -0.2) is 15.1 Å². The average Bonchev–Trinajstić information content (AvgIpc) is 3.35. The molecule has 130 valence electrons. The van der Waals surface area contributed by atoms with E-state index in [0.29, 0.717) is 38.1 Å². The van der Waals surface area contributed by atoms with Crippen LogP contribution in [0.5, 0.6) is 0 Å². The van der Waals surface area contributed by atoms with Gasteiger partial charge in [0.2, 0.25) is 0 Å². The molecule has 0 radical (unpaired) electrons. The second-order valence-corrected chi connectivity index (χ2v) is 7.67. The molecule has 1 aliphatic rings. The van der Waals surface area contributed by atoms with Crippen LogP contribution in [0.2, 0.25) is 5.02 Å². The quantitative estimate of drug-likeness (QED) is 0.421. The zero-order valence-electron chi connectivity index (χ0n) is 13.3. The van der Waals surface area contributed by atoms with E-state index in [1.165, 1.54) is 16.7 Å². The minimum absolute atomic E-state index is 0.152. The molecular formula is C19H12ClNO3S2. The normalized spacial score (nSPS) is 16.0. The van der Waals surface area contributed by atoms with Crippen molar-refractivity contribution >= 4 is 51.9 Å². The molecule has 1 fully saturated rings. The van der Waals surface area contributed by atoms with E-state index in [9.17, 15) is 4.79 Å². The number of halogens is 1. The number of nitrogens with zero attached hydrogens (tertiary/aromatic N) is 1. The van der Waals surface area contributed by atoms with Crippen molar-refractivity contribution in [1.82, 2.24) is 4.90 Å². The predicted molar refractivity (Wildman–Crippen MR) is 107 cm³/mol. The Kier molecular flexibility index (Phi) is 4.72. The number of hydrogen-bond donors (Lipinski definition) is 0. The van der Waals surface area contributed by atoms with Gasteiger partial charge < -0.3 is 8.83 Å². The summed E-state index contributed by atoms with van der Waals surface area (Å²) >= 11 is 12.5. The smallest absolute Gasteiger partial charge is 0.266 e. The number of carbonyl (C=O) groups excluding carboxylic acids is 1. The lowest BCUT2D eigenvalue weighted by Crippen LogP contribution is -2.27. The molecule has 0 spiro atoms. The van der Waals surface area contributed by atoms with Crippen molar-refractivity contribution < 1.29 is 13.6 Å². The Balaban J connectivity index is 1.54. The van der Waals surface area contributed by atoms with Crippen LogP contribution in [0.4, 0.5) is 0 Å². The molecule has 0 saturated carbocycles. The summed E-state index contributed by atoms with van der Waals surface area (Å²) in [5, 5.41) is 0.667. The fourth-order valence-electron chi connectivity index (χ4n) is 2.52. The zero-order valence-corrected chi connectivity index (χ0v) is 15.7. The highest BCUT2D eigenvalue weighted by molar-refractivity contribution is 8.26. The number of amides is 1. The molecule has 0 N–H and O–H groups in total. The van der Waals surface area contributed by atoms with Crippen molar-refractivity contribution in [3.8, 4) is 11.3 Å². The third-order valence-corrected chi connectivity index (χ3v) is 5.43. The molecule has 0 unspecified atom stereocenters. The molecule has 1 aromatic carbocycles. The van der Waals surface area contributed by atoms with Gasteiger partial charge in [-0.1, -0.05) is 35.6 Å². The first kappa shape index (κ1) is 17.1. The van der Waals surface area contributed by atoms with Crippen LogP contribution in [0.3, 0.4) is 0 Å². The van der Waals surface area contributed by atoms with Gasteiger partial charge in [0.15, 0.2) is 0 Å². The molecule has 3 aromatic rings. The van der Waals surface area contributed by atoms with Crippen LogP contribution >= 0.6 is 35.6 Å². The summed E-state index contributed by atoms with van der Waals surface area (Å²) in [6.45, 7) is 0.323. The Hall–Kier alpha value is -2.28. The first-order valence-electron chi connectivity index (χ1n) is 7.74. The van der Waals surface area contributed by atoms with Gasteiger partial charge in [0.05, 0.1) is 17.7 Å². The molecule has 26 heavy (non-hydrogen) atoms. The highest BCUT2D eigenvalue weighted by Gasteiger charge is 2.32. The number of benzene rings is 1. The molecule has 2 aromatic heterocycles. The maximum absolute atomic E-state index is 12.6. The van der Waals surface area contributed by atoms with Gasteiger partial charge in [-0.2, -0.15) is 0 Å². The van der Waals surface area contributed by atoms with Crippen molar-refractivity contribution in [3.05, 3.63) is 76.2 Å². The minimum atomic E-state index is -0.152. The Morgan fingerprint density at radius 1 is 1.15 bits per heavy atom. The van der Waals surface area contributed by atoms with Gasteiger partial charge in [-0.25, -0.2) is 0 Å². The number of hydrogen-bond acceptors (Lipinski definition) is 5. The van der Waals surface area contributed by atoms with E-state index in [1.807, 2.05) is 30.3 Å². The predicted octanol–water partition coefficient (Wildman–Crippen LogP) is 5.59. The molecule has 4 rings (SSSR count). The maximum atomic E-state index is 12.6. The number of thioether (sulfide) groups is 1. The largest absolute Gasteiger partial charge is 0.467 e. The number of furan rings is 2. The monoisotopic (exact) mass is 401 g/mol. The molecule has 1 amide bonds. The second-order valence-electron chi connectivity index (χ2n) is 5.56. The van der Waals surface area contributed by atoms with Crippen LogP contribution in [0.1, 0.15) is 11.5 Å². The molecular weight excluding hydrogens is 390 g/mol. The summed E-state index contributed by atoms with van der Waals surface area (Å²) < 4.78 is 11.6. The van der Waals surface area contributed by atoms with E-state index in [2.05, 4.69) is 0 Å². The Morgan fingerprint density at radius 2 is 1.96 bits per heavy atom. The lowest BCUT2D eigenvalue weighted by atomic mass is 10.2. The maximum Gasteiger partial charge on any atom is 0.266 e. The third kappa shape index (κ3) is 3.49. The molecule has 1 aliphatic heterocycles. The van der Waals surface area contributed by atoms with Crippen molar-refractivity contribution in [2.45, 2.75) is 6.54 Å². The zero-order chi connectivity index (χ0) is 18.1. The van der Waals surface area contributed by atoms with E-state index in [1.54, 1.807) is 30.5 Å². The Labute approximate surface area is 164 Å². The highest BCUT2D eigenvalue weighted by Crippen LogP contribution is 2.34. The Bertz CT molecular complexity index is 990. The van der Waals surface area contributed by atoms with E-state index in [0.717, 1.165) is 5.56 Å². The minimum Gasteiger partial charge on any atom is -0.467 e. The van der Waals surface area contributed by atoms with Crippen LogP contribution in [-0.2, 0) is 11.3 Å². The molecule has 4 nitrogen and oxygen atoms in total. The standard InChI is InChI=1S/C19H12ClNO3S2/c20-13-5-3-12(4-6-13)16-8-7-14(24-16)10-17-18(22)21(19(25)26-17)11-15-2-1-9-23-15/h1-10H,11H2/b17-10+. The van der Waals surface area contributed by atoms with Gasteiger partial charge in [0, 0.05) is 16.7 Å². The van der Waals surface area contributed by atoms with Crippen LogP contribution < -0.4 is 0 Å². The summed E-state index contributed by atoms with van der Waals surface area (Å²) in [5.74, 6) is 1.83. The van der Waals surface area contributed by atoms with Gasteiger partial charge >= 0.3 is 0 Å². The van der Waals surface area contributed by atoms with Crippen molar-refractivity contribution in [2.24, 2.45) is 0 Å². The van der Waals surface area contributed by atoms with Crippen molar-refractivity contribution in [2.75, 3.05) is 0 Å². The molecule has 1 saturated heterocycles. The lowest BCUT2D eigenvalue weighted by Gasteiger charge is -2.11. The topological polar surface area (TPSA) is 46.6 Å². The summed E-state index contributed by atoms with van der Waals surface area (Å²) in [4.78, 5) is 14.7. The van der Waals surface area contributed by atoms with Crippen LogP contribution in [0.25, 0.3) is 17.4 Å². The second kappa shape index (κ2) is 7.15. The number of carbonyl (C=O) groups is 1. The highest BCUT2D eigenvalue weighted by atomic mass is 35.5. The summed E-state index contributed by atoms with van der Waals surface area (Å²) in [7, 11) is 0. The van der Waals surface area contributed by atoms with E-state index in [4.69, 9.17) is 32.7 Å². The van der Waals surface area contributed by atoms with Gasteiger partial charge in [-0.05, 0) is 48.5 Å². The summed E-state index contributed by atoms with van der Waals surface area (Å²) in [5.41, 5.74) is 0.916. The molecule has 0 atom stereocenters. The third-order valence-electron chi connectivity index (χ3n) is 3.80. The number of thiocarbonyl (C=S) groups is 1. The fraction of sp³-hybridized carbons (Fsp3) is 0.0526. The molecule has 0 aliphatic carbocycles. The molecule has 7 heteroatoms. The van der Waals surface area contributed by atoms with E-state index < -0.39 is 0 Å². The van der Waals surface area contributed by atoms with Gasteiger partial charge in [-0.15, -0.1) is 0 Å². The average molecular weight is 402 g/mol. The molecule has 3 heterocycles. The molecule has 0 bridgehead atoms. The number of rotatable bonds is 4. The van der Waals surface area contributed by atoms with Crippen LogP contribution in [0.15, 0.2) is 68.5 Å². The fourth-order valence-corrected chi connectivity index (χ4v) is 3.88. The van der Waals surface area contributed by atoms with Crippen molar-refractivity contribution in [1.29, 1.82) is 0 Å².